The Kier molecular flexibility index (Phi) is 5.56. The summed E-state index contributed by atoms with van der Waals surface area (Å²) in [5.41, 5.74) is 0. The summed E-state index contributed by atoms with van der Waals surface area (Å²) >= 11 is 0. The number of rotatable bonds is 6. The summed E-state index contributed by atoms with van der Waals surface area (Å²) in [4.78, 5) is 13.6. The summed E-state index contributed by atoms with van der Waals surface area (Å²) in [5, 5.41) is 0. The van der Waals surface area contributed by atoms with E-state index in [2.05, 4.69) is 0 Å². The molecule has 0 aliphatic carbocycles. The van der Waals surface area contributed by atoms with Crippen molar-refractivity contribution in [2.45, 2.75) is 25.8 Å². The van der Waals surface area contributed by atoms with Gasteiger partial charge in [-0.3, -0.25) is 4.79 Å². The number of sulfonamides is 1. The maximum absolute atomic E-state index is 12.1. The first-order valence-electron chi connectivity index (χ1n) is 6.49. The zero-order chi connectivity index (χ0) is 15.6. The number of hydrogen-bond acceptors (Lipinski definition) is 5. The van der Waals surface area contributed by atoms with Crippen molar-refractivity contribution in [3.63, 3.8) is 0 Å². The molecular formula is C11H22N2O5S2. The molecule has 9 heteroatoms. The van der Waals surface area contributed by atoms with Crippen molar-refractivity contribution in [2.75, 3.05) is 37.9 Å². The van der Waals surface area contributed by atoms with E-state index in [4.69, 9.17) is 0 Å². The highest BCUT2D eigenvalue weighted by Crippen LogP contribution is 2.18. The van der Waals surface area contributed by atoms with Crippen molar-refractivity contribution < 1.29 is 21.6 Å². The van der Waals surface area contributed by atoms with Crippen LogP contribution in [0.4, 0.5) is 0 Å². The number of carbonyl (C=O) groups excluding carboxylic acids is 1. The van der Waals surface area contributed by atoms with Crippen molar-refractivity contribution in [1.82, 2.24) is 9.21 Å². The van der Waals surface area contributed by atoms with Gasteiger partial charge in [-0.15, -0.1) is 0 Å². The number of hydrogen-bond donors (Lipinski definition) is 0. The SMILES string of the molecule is CCN(C(=O)CCS(=O)(=O)N(C)C)C1CCS(=O)(=O)C1. The van der Waals surface area contributed by atoms with E-state index >= 15 is 0 Å². The normalized spacial score (nSPS) is 22.1. The van der Waals surface area contributed by atoms with Crippen molar-refractivity contribution in [3.05, 3.63) is 0 Å². The smallest absolute Gasteiger partial charge is 0.223 e. The monoisotopic (exact) mass is 326 g/mol. The molecule has 0 aromatic rings. The maximum Gasteiger partial charge on any atom is 0.223 e. The molecule has 1 aliphatic heterocycles. The highest BCUT2D eigenvalue weighted by Gasteiger charge is 2.34. The molecule has 1 amide bonds. The van der Waals surface area contributed by atoms with Gasteiger partial charge >= 0.3 is 0 Å². The lowest BCUT2D eigenvalue weighted by molar-refractivity contribution is -0.132. The van der Waals surface area contributed by atoms with Gasteiger partial charge < -0.3 is 4.90 Å². The van der Waals surface area contributed by atoms with Gasteiger partial charge in [0.2, 0.25) is 15.9 Å². The zero-order valence-corrected chi connectivity index (χ0v) is 13.7. The van der Waals surface area contributed by atoms with Gasteiger partial charge in [-0.05, 0) is 13.3 Å². The molecule has 1 fully saturated rings. The molecule has 1 aliphatic rings. The van der Waals surface area contributed by atoms with Gasteiger partial charge in [-0.25, -0.2) is 21.1 Å². The van der Waals surface area contributed by atoms with E-state index in [0.29, 0.717) is 13.0 Å². The maximum atomic E-state index is 12.1. The topological polar surface area (TPSA) is 91.8 Å². The van der Waals surface area contributed by atoms with E-state index in [1.165, 1.54) is 19.0 Å². The molecule has 1 saturated heterocycles. The molecule has 20 heavy (non-hydrogen) atoms. The molecule has 0 spiro atoms. The molecule has 7 nitrogen and oxygen atoms in total. The lowest BCUT2D eigenvalue weighted by Crippen LogP contribution is -2.42. The molecule has 0 bridgehead atoms. The molecule has 0 N–H and O–H groups in total. The second-order valence-corrected chi connectivity index (χ2v) is 9.62. The summed E-state index contributed by atoms with van der Waals surface area (Å²) in [6.07, 6.45) is 0.313. The molecule has 1 rings (SSSR count). The van der Waals surface area contributed by atoms with Crippen LogP contribution in [-0.2, 0) is 24.7 Å². The Hall–Kier alpha value is -0.670. The predicted molar refractivity (Wildman–Crippen MR) is 76.5 cm³/mol. The number of amides is 1. The fourth-order valence-electron chi connectivity index (χ4n) is 2.20. The van der Waals surface area contributed by atoms with Crippen LogP contribution in [0.2, 0.25) is 0 Å². The minimum absolute atomic E-state index is 0.0208. The third-order valence-electron chi connectivity index (χ3n) is 3.44. The van der Waals surface area contributed by atoms with Gasteiger partial charge in [0.15, 0.2) is 9.84 Å². The van der Waals surface area contributed by atoms with Crippen molar-refractivity contribution in [2.24, 2.45) is 0 Å². The van der Waals surface area contributed by atoms with E-state index in [1.807, 2.05) is 0 Å². The first kappa shape index (κ1) is 17.4. The minimum Gasteiger partial charge on any atom is -0.339 e. The van der Waals surface area contributed by atoms with Gasteiger partial charge in [-0.2, -0.15) is 0 Å². The highest BCUT2D eigenvalue weighted by molar-refractivity contribution is 7.91. The third kappa shape index (κ3) is 4.42. The van der Waals surface area contributed by atoms with Crippen LogP contribution in [0.15, 0.2) is 0 Å². The third-order valence-corrected chi connectivity index (χ3v) is 7.02. The van der Waals surface area contributed by atoms with E-state index in [0.717, 1.165) is 4.31 Å². The van der Waals surface area contributed by atoms with Crippen LogP contribution < -0.4 is 0 Å². The Bertz CT molecular complexity index is 553. The fraction of sp³-hybridized carbons (Fsp3) is 0.909. The van der Waals surface area contributed by atoms with Crippen molar-refractivity contribution in [1.29, 1.82) is 0 Å². The highest BCUT2D eigenvalue weighted by atomic mass is 32.2. The second-order valence-electron chi connectivity index (χ2n) is 5.09. The van der Waals surface area contributed by atoms with Crippen LogP contribution in [0.25, 0.3) is 0 Å². The summed E-state index contributed by atoms with van der Waals surface area (Å²) < 4.78 is 47.2. The molecule has 0 aromatic carbocycles. The quantitative estimate of drug-likeness (QED) is 0.644. The Labute approximate surface area is 120 Å². The summed E-state index contributed by atoms with van der Waals surface area (Å²) in [6.45, 7) is 2.16. The Balaban J connectivity index is 2.65. The van der Waals surface area contributed by atoms with Gasteiger partial charge in [-0.1, -0.05) is 0 Å². The van der Waals surface area contributed by atoms with Crippen molar-refractivity contribution >= 4 is 25.8 Å². The lowest BCUT2D eigenvalue weighted by Gasteiger charge is -2.27. The predicted octanol–water partition coefficient (Wildman–Crippen LogP) is -0.696. The lowest BCUT2D eigenvalue weighted by atomic mass is 10.2. The molecule has 1 unspecified atom stereocenters. The van der Waals surface area contributed by atoms with Crippen molar-refractivity contribution in [3.8, 4) is 0 Å². The Morgan fingerprint density at radius 3 is 2.30 bits per heavy atom. The Morgan fingerprint density at radius 2 is 1.90 bits per heavy atom. The minimum atomic E-state index is -3.41. The molecule has 118 valence electrons. The summed E-state index contributed by atoms with van der Waals surface area (Å²) in [7, 11) is -3.64. The average molecular weight is 326 g/mol. The number of carbonyl (C=O) groups is 1. The molecule has 1 heterocycles. The van der Waals surface area contributed by atoms with Crippen LogP contribution in [-0.4, -0.2) is 75.9 Å². The van der Waals surface area contributed by atoms with E-state index in [9.17, 15) is 21.6 Å². The Morgan fingerprint density at radius 1 is 1.30 bits per heavy atom. The van der Waals surface area contributed by atoms with E-state index in [-0.39, 0.29) is 35.6 Å². The van der Waals surface area contributed by atoms with Crippen LogP contribution in [0.3, 0.4) is 0 Å². The summed E-state index contributed by atoms with van der Waals surface area (Å²) in [6, 6.07) is -0.320. The van der Waals surface area contributed by atoms with Crippen LogP contribution in [0.1, 0.15) is 19.8 Å². The van der Waals surface area contributed by atoms with Gasteiger partial charge in [0.05, 0.1) is 17.3 Å². The fourth-order valence-corrected chi connectivity index (χ4v) is 4.73. The zero-order valence-electron chi connectivity index (χ0n) is 12.1. The summed E-state index contributed by atoms with van der Waals surface area (Å²) in [5.74, 6) is -0.487. The largest absolute Gasteiger partial charge is 0.339 e. The van der Waals surface area contributed by atoms with E-state index < -0.39 is 19.9 Å². The van der Waals surface area contributed by atoms with Gasteiger partial charge in [0, 0.05) is 33.1 Å². The molecular weight excluding hydrogens is 304 g/mol. The van der Waals surface area contributed by atoms with E-state index in [1.54, 1.807) is 6.92 Å². The first-order chi connectivity index (χ1) is 9.09. The van der Waals surface area contributed by atoms with Gasteiger partial charge in [0.25, 0.3) is 0 Å². The second kappa shape index (κ2) is 6.40. The van der Waals surface area contributed by atoms with Gasteiger partial charge in [0.1, 0.15) is 0 Å². The van der Waals surface area contributed by atoms with Crippen LogP contribution in [0, 0.1) is 0 Å². The standard InChI is InChI=1S/C11H22N2O5S2/c1-4-13(10-5-7-19(15,16)9-10)11(14)6-8-20(17,18)12(2)3/h10H,4-9H2,1-3H3. The average Bonchev–Trinajstić information content (AvgIpc) is 2.68. The number of nitrogens with zero attached hydrogens (tertiary/aromatic N) is 2. The first-order valence-corrected chi connectivity index (χ1v) is 9.92. The molecule has 0 radical (unpaired) electrons. The number of sulfone groups is 1. The van der Waals surface area contributed by atoms with Crippen LogP contribution >= 0.6 is 0 Å². The van der Waals surface area contributed by atoms with Crippen LogP contribution in [0.5, 0.6) is 0 Å². The molecule has 0 aromatic heterocycles. The molecule has 1 atom stereocenters. The molecule has 0 saturated carbocycles.